The summed E-state index contributed by atoms with van der Waals surface area (Å²) in [5.74, 6) is 0. The van der Waals surface area contributed by atoms with Crippen LogP contribution in [0.2, 0.25) is 0 Å². The van der Waals surface area contributed by atoms with Crippen LogP contribution in [-0.2, 0) is 19.3 Å². The lowest BCUT2D eigenvalue weighted by molar-refractivity contribution is 0.844. The van der Waals surface area contributed by atoms with Crippen LogP contribution in [0, 0.1) is 0 Å². The normalized spacial score (nSPS) is 9.89. The van der Waals surface area contributed by atoms with E-state index >= 15 is 0 Å². The van der Waals surface area contributed by atoms with Gasteiger partial charge in [-0.2, -0.15) is 0 Å². The molecule has 0 radical (unpaired) electrons. The van der Waals surface area contributed by atoms with Gasteiger partial charge in [0.25, 0.3) is 0 Å². The molecule has 0 spiro atoms. The number of hydrogen-bond donors (Lipinski definition) is 0. The van der Waals surface area contributed by atoms with Gasteiger partial charge in [0.2, 0.25) is 0 Å². The summed E-state index contributed by atoms with van der Waals surface area (Å²) < 4.78 is 0. The van der Waals surface area contributed by atoms with E-state index in [1.165, 1.54) is 0 Å². The molecule has 2 aromatic heterocycles. The summed E-state index contributed by atoms with van der Waals surface area (Å²) in [4.78, 5) is 11.6. The first-order chi connectivity index (χ1) is 9.38. The molecule has 0 amide bonds. The maximum absolute atomic E-state index is 8.24. The topological polar surface area (TPSA) is 74.5 Å². The van der Waals surface area contributed by atoms with Gasteiger partial charge in [-0.1, -0.05) is 17.2 Å². The number of azide groups is 1. The maximum Gasteiger partial charge on any atom is 0.0410 e. The fourth-order valence-electron chi connectivity index (χ4n) is 1.82. The number of pyridine rings is 2. The van der Waals surface area contributed by atoms with Crippen LogP contribution in [0.4, 0.5) is 0 Å². The van der Waals surface area contributed by atoms with Gasteiger partial charge < -0.3 is 0 Å². The number of hydrogen-bond acceptors (Lipinski definition) is 3. The molecule has 0 fully saturated rings. The molecule has 0 unspecified atom stereocenters. The van der Waals surface area contributed by atoms with Crippen LogP contribution in [-0.4, -0.2) is 16.5 Å². The van der Waals surface area contributed by atoms with E-state index in [9.17, 15) is 0 Å². The molecule has 0 bridgehead atoms. The molecule has 2 heterocycles. The van der Waals surface area contributed by atoms with E-state index in [0.717, 1.165) is 29.9 Å². The van der Waals surface area contributed by atoms with Crippen LogP contribution in [0.15, 0.2) is 47.7 Å². The second-order valence-corrected chi connectivity index (χ2v) is 4.15. The minimum absolute atomic E-state index is 0.452. The summed E-state index contributed by atoms with van der Waals surface area (Å²) in [5, 5.41) is 3.52. The lowest BCUT2D eigenvalue weighted by atomic mass is 10.1. The maximum atomic E-state index is 8.24. The Kier molecular flexibility index (Phi) is 4.90. The highest BCUT2D eigenvalue weighted by Gasteiger charge is 2.00. The minimum Gasteiger partial charge on any atom is -0.261 e. The average Bonchev–Trinajstić information content (AvgIpc) is 2.47. The van der Waals surface area contributed by atoms with Crippen molar-refractivity contribution in [3.63, 3.8) is 0 Å². The number of nitrogens with zero attached hydrogens (tertiary/aromatic N) is 5. The third-order valence-electron chi connectivity index (χ3n) is 2.76. The summed E-state index contributed by atoms with van der Waals surface area (Å²) in [6.07, 6.45) is 4.24. The Morgan fingerprint density at radius 1 is 0.947 bits per heavy atom. The number of aryl methyl sites for hydroxylation is 2. The lowest BCUT2D eigenvalue weighted by Crippen LogP contribution is -2.00. The molecule has 2 rings (SSSR count). The van der Waals surface area contributed by atoms with E-state index in [2.05, 4.69) is 20.0 Å². The zero-order valence-corrected chi connectivity index (χ0v) is 10.6. The molecule has 0 saturated heterocycles. The summed E-state index contributed by atoms with van der Waals surface area (Å²) in [5.41, 5.74) is 11.3. The molecule has 0 N–H and O–H groups in total. The molecule has 96 valence electrons. The summed E-state index contributed by atoms with van der Waals surface area (Å²) in [7, 11) is 0. The van der Waals surface area contributed by atoms with Crippen LogP contribution in [0.1, 0.15) is 17.1 Å². The molecule has 5 nitrogen and oxygen atoms in total. The molecule has 0 aromatic carbocycles. The fraction of sp³-hybridized carbons (Fsp3) is 0.286. The number of aromatic nitrogens is 2. The van der Waals surface area contributed by atoms with E-state index in [-0.39, 0.29) is 0 Å². The quantitative estimate of drug-likeness (QED) is 0.450. The Morgan fingerprint density at radius 3 is 2.42 bits per heavy atom. The van der Waals surface area contributed by atoms with Crippen LogP contribution in [0.5, 0.6) is 0 Å². The molecule has 0 saturated carbocycles. The van der Waals surface area contributed by atoms with Gasteiger partial charge in [0, 0.05) is 34.7 Å². The first kappa shape index (κ1) is 13.1. The molecule has 2 aromatic rings. The molecule has 0 aliphatic heterocycles. The van der Waals surface area contributed by atoms with Gasteiger partial charge in [0.1, 0.15) is 0 Å². The lowest BCUT2D eigenvalue weighted by Gasteiger charge is -2.03. The minimum atomic E-state index is 0.452. The molecule has 19 heavy (non-hydrogen) atoms. The van der Waals surface area contributed by atoms with Crippen molar-refractivity contribution in [3.8, 4) is 0 Å². The first-order valence-electron chi connectivity index (χ1n) is 6.24. The highest BCUT2D eigenvalue weighted by molar-refractivity contribution is 5.13. The van der Waals surface area contributed by atoms with Crippen LogP contribution < -0.4 is 0 Å². The monoisotopic (exact) mass is 253 g/mol. The van der Waals surface area contributed by atoms with E-state index in [1.54, 1.807) is 6.20 Å². The first-order valence-corrected chi connectivity index (χ1v) is 6.24. The molecule has 5 heteroatoms. The van der Waals surface area contributed by atoms with Gasteiger partial charge in [-0.05, 0) is 49.1 Å². The predicted molar refractivity (Wildman–Crippen MR) is 73.6 cm³/mol. The molecule has 0 aliphatic carbocycles. The largest absolute Gasteiger partial charge is 0.261 e. The number of rotatable bonds is 6. The van der Waals surface area contributed by atoms with Gasteiger partial charge >= 0.3 is 0 Å². The third kappa shape index (κ3) is 4.41. The molecule has 0 aliphatic rings. The van der Waals surface area contributed by atoms with Crippen molar-refractivity contribution in [2.75, 3.05) is 6.54 Å². The Hall–Kier alpha value is -2.39. The second kappa shape index (κ2) is 7.13. The van der Waals surface area contributed by atoms with Gasteiger partial charge in [0.15, 0.2) is 0 Å². The van der Waals surface area contributed by atoms with Crippen molar-refractivity contribution < 1.29 is 0 Å². The Balaban J connectivity index is 1.93. The molecular formula is C14H15N5. The highest BCUT2D eigenvalue weighted by Crippen LogP contribution is 2.05. The van der Waals surface area contributed by atoms with E-state index < -0.39 is 0 Å². The Labute approximate surface area is 112 Å². The van der Waals surface area contributed by atoms with Crippen molar-refractivity contribution in [2.24, 2.45) is 5.11 Å². The van der Waals surface area contributed by atoms with E-state index in [0.29, 0.717) is 13.0 Å². The highest BCUT2D eigenvalue weighted by atomic mass is 15.1. The second-order valence-electron chi connectivity index (χ2n) is 4.15. The third-order valence-corrected chi connectivity index (χ3v) is 2.76. The van der Waals surface area contributed by atoms with Crippen molar-refractivity contribution >= 4 is 0 Å². The Bertz CT molecular complexity index is 561. The molecular weight excluding hydrogens is 238 g/mol. The smallest absolute Gasteiger partial charge is 0.0410 e. The van der Waals surface area contributed by atoms with Crippen LogP contribution >= 0.6 is 0 Å². The summed E-state index contributed by atoms with van der Waals surface area (Å²) >= 11 is 0. The zero-order chi connectivity index (χ0) is 13.3. The fourth-order valence-corrected chi connectivity index (χ4v) is 1.82. The van der Waals surface area contributed by atoms with Crippen molar-refractivity contribution in [3.05, 3.63) is 70.1 Å². The molecule has 0 atom stereocenters. The van der Waals surface area contributed by atoms with E-state index in [4.69, 9.17) is 5.53 Å². The van der Waals surface area contributed by atoms with Crippen LogP contribution in [0.25, 0.3) is 10.4 Å². The summed E-state index contributed by atoms with van der Waals surface area (Å²) in [6, 6.07) is 11.9. The van der Waals surface area contributed by atoms with Gasteiger partial charge in [-0.15, -0.1) is 0 Å². The Morgan fingerprint density at radius 2 is 1.68 bits per heavy atom. The summed E-state index contributed by atoms with van der Waals surface area (Å²) in [6.45, 7) is 0.452. The average molecular weight is 253 g/mol. The van der Waals surface area contributed by atoms with Gasteiger partial charge in [-0.3, -0.25) is 9.97 Å². The zero-order valence-electron chi connectivity index (χ0n) is 10.6. The van der Waals surface area contributed by atoms with Crippen molar-refractivity contribution in [1.29, 1.82) is 0 Å². The van der Waals surface area contributed by atoms with E-state index in [1.807, 2.05) is 36.4 Å². The van der Waals surface area contributed by atoms with Crippen molar-refractivity contribution in [1.82, 2.24) is 9.97 Å². The standard InChI is InChI=1S/C14H15N5/c15-19-17-11-9-14-6-3-5-13(18-14)8-7-12-4-1-2-10-16-12/h1-6,10H,7-9,11H2. The predicted octanol–water partition coefficient (Wildman–Crippen LogP) is 3.11. The SMILES string of the molecule is [N-]=[N+]=NCCc1cccc(CCc2ccccn2)n1. The van der Waals surface area contributed by atoms with Gasteiger partial charge in [-0.25, -0.2) is 0 Å². The van der Waals surface area contributed by atoms with Crippen LogP contribution in [0.3, 0.4) is 0 Å². The van der Waals surface area contributed by atoms with Crippen molar-refractivity contribution in [2.45, 2.75) is 19.3 Å². The van der Waals surface area contributed by atoms with Gasteiger partial charge in [0.05, 0.1) is 0 Å².